The first-order valence-electron chi connectivity index (χ1n) is 7.90. The smallest absolute Gasteiger partial charge is 0.226 e. The summed E-state index contributed by atoms with van der Waals surface area (Å²) in [5.74, 6) is 1.39. The van der Waals surface area contributed by atoms with Crippen molar-refractivity contribution in [3.05, 3.63) is 52.2 Å². The lowest BCUT2D eigenvalue weighted by Crippen LogP contribution is -2.41. The van der Waals surface area contributed by atoms with Gasteiger partial charge in [-0.25, -0.2) is 4.98 Å². The van der Waals surface area contributed by atoms with Gasteiger partial charge in [-0.3, -0.25) is 4.79 Å². The van der Waals surface area contributed by atoms with Crippen LogP contribution in [0.3, 0.4) is 0 Å². The Morgan fingerprint density at radius 1 is 1.24 bits per heavy atom. The zero-order valence-corrected chi connectivity index (χ0v) is 14.9. The van der Waals surface area contributed by atoms with Crippen molar-refractivity contribution in [3.63, 3.8) is 0 Å². The molecule has 1 N–H and O–H groups in total. The van der Waals surface area contributed by atoms with Gasteiger partial charge in [0.05, 0.1) is 18.7 Å². The van der Waals surface area contributed by atoms with E-state index in [9.17, 15) is 4.79 Å². The van der Waals surface area contributed by atoms with Crippen LogP contribution >= 0.6 is 22.7 Å². The summed E-state index contributed by atoms with van der Waals surface area (Å²) < 4.78 is 11.5. The first-order valence-corrected chi connectivity index (χ1v) is 9.72. The van der Waals surface area contributed by atoms with E-state index in [4.69, 9.17) is 9.47 Å². The highest BCUT2D eigenvalue weighted by atomic mass is 32.1. The number of aromatic nitrogens is 1. The quantitative estimate of drug-likeness (QED) is 0.746. The maximum atomic E-state index is 12.2. The SMILES string of the molecule is O=C(Cc1csc(-c2ccsc2)n1)NC[C@H]1COc2ccccc2O1. The van der Waals surface area contributed by atoms with Crippen molar-refractivity contribution in [2.24, 2.45) is 0 Å². The predicted octanol–water partition coefficient (Wildman–Crippen LogP) is 3.37. The van der Waals surface area contributed by atoms with Crippen LogP contribution < -0.4 is 14.8 Å². The van der Waals surface area contributed by atoms with Gasteiger partial charge in [0.1, 0.15) is 17.7 Å². The normalized spacial score (nSPS) is 15.8. The Balaban J connectivity index is 1.29. The molecule has 5 nitrogen and oxygen atoms in total. The van der Waals surface area contributed by atoms with Gasteiger partial charge in [0.15, 0.2) is 11.5 Å². The molecule has 1 aliphatic heterocycles. The standard InChI is InChI=1S/C18H16N2O3S2/c21-17(7-13-11-25-18(20-13)12-5-6-24-10-12)19-8-14-9-22-15-3-1-2-4-16(15)23-14/h1-6,10-11,14H,7-9H2,(H,19,21)/t14-/m0/s1. The number of thiazole rings is 1. The number of nitrogens with zero attached hydrogens (tertiary/aromatic N) is 1. The Bertz CT molecular complexity index is 861. The van der Waals surface area contributed by atoms with E-state index in [0.717, 1.165) is 22.0 Å². The molecule has 0 unspecified atom stereocenters. The molecule has 128 valence electrons. The van der Waals surface area contributed by atoms with Crippen LogP contribution in [0.5, 0.6) is 11.5 Å². The van der Waals surface area contributed by atoms with Gasteiger partial charge in [0, 0.05) is 16.3 Å². The Morgan fingerprint density at radius 3 is 2.96 bits per heavy atom. The van der Waals surface area contributed by atoms with Crippen molar-refractivity contribution in [1.29, 1.82) is 0 Å². The fourth-order valence-electron chi connectivity index (χ4n) is 2.53. The molecule has 1 atom stereocenters. The van der Waals surface area contributed by atoms with Crippen molar-refractivity contribution in [2.75, 3.05) is 13.2 Å². The van der Waals surface area contributed by atoms with Gasteiger partial charge in [-0.05, 0) is 23.6 Å². The molecule has 1 aliphatic rings. The summed E-state index contributed by atoms with van der Waals surface area (Å²) in [6.45, 7) is 0.838. The van der Waals surface area contributed by atoms with Crippen LogP contribution in [-0.4, -0.2) is 30.1 Å². The number of thiophene rings is 1. The van der Waals surface area contributed by atoms with Crippen LogP contribution in [0.15, 0.2) is 46.5 Å². The molecule has 3 heterocycles. The zero-order valence-electron chi connectivity index (χ0n) is 13.3. The summed E-state index contributed by atoms with van der Waals surface area (Å²) in [6, 6.07) is 9.58. The van der Waals surface area contributed by atoms with E-state index in [1.807, 2.05) is 41.1 Å². The maximum Gasteiger partial charge on any atom is 0.226 e. The van der Waals surface area contributed by atoms with Crippen molar-refractivity contribution in [2.45, 2.75) is 12.5 Å². The zero-order chi connectivity index (χ0) is 17.1. The first-order chi connectivity index (χ1) is 12.3. The number of nitrogens with one attached hydrogen (secondary N) is 1. The highest BCUT2D eigenvalue weighted by Gasteiger charge is 2.21. The first kappa shape index (κ1) is 16.1. The number of hydrogen-bond acceptors (Lipinski definition) is 6. The van der Waals surface area contributed by atoms with E-state index in [-0.39, 0.29) is 18.4 Å². The summed E-state index contributed by atoms with van der Waals surface area (Å²) >= 11 is 3.20. The van der Waals surface area contributed by atoms with Crippen LogP contribution in [0.4, 0.5) is 0 Å². The fourth-order valence-corrected chi connectivity index (χ4v) is 4.06. The number of amides is 1. The largest absolute Gasteiger partial charge is 0.486 e. The van der Waals surface area contributed by atoms with Gasteiger partial charge in [0.2, 0.25) is 5.91 Å². The molecule has 0 spiro atoms. The van der Waals surface area contributed by atoms with Crippen molar-refractivity contribution < 1.29 is 14.3 Å². The summed E-state index contributed by atoms with van der Waals surface area (Å²) in [7, 11) is 0. The van der Waals surface area contributed by atoms with Gasteiger partial charge < -0.3 is 14.8 Å². The Kier molecular flexibility index (Phi) is 4.67. The molecule has 0 aliphatic carbocycles. The predicted molar refractivity (Wildman–Crippen MR) is 98.5 cm³/mol. The molecule has 0 saturated carbocycles. The lowest BCUT2D eigenvalue weighted by Gasteiger charge is -2.26. The number of ether oxygens (including phenoxy) is 2. The molecule has 1 aromatic carbocycles. The summed E-state index contributed by atoms with van der Waals surface area (Å²) in [4.78, 5) is 16.7. The molecule has 3 aromatic rings. The minimum atomic E-state index is -0.185. The summed E-state index contributed by atoms with van der Waals surface area (Å²) in [6.07, 6.45) is 0.0841. The van der Waals surface area contributed by atoms with Crippen LogP contribution in [0.1, 0.15) is 5.69 Å². The molecule has 2 aromatic heterocycles. The fraction of sp³-hybridized carbons (Fsp3) is 0.222. The molecular formula is C18H16N2O3S2. The molecule has 0 saturated heterocycles. The number of para-hydroxylation sites is 2. The summed E-state index contributed by atoms with van der Waals surface area (Å²) in [5, 5.41) is 9.86. The maximum absolute atomic E-state index is 12.2. The van der Waals surface area contributed by atoms with Crippen LogP contribution in [0.25, 0.3) is 10.6 Å². The van der Waals surface area contributed by atoms with Crippen LogP contribution in [-0.2, 0) is 11.2 Å². The third kappa shape index (κ3) is 3.83. The van der Waals surface area contributed by atoms with Crippen LogP contribution in [0, 0.1) is 0 Å². The number of rotatable bonds is 5. The highest BCUT2D eigenvalue weighted by molar-refractivity contribution is 7.14. The summed E-state index contributed by atoms with van der Waals surface area (Å²) in [5.41, 5.74) is 1.89. The number of carbonyl (C=O) groups is 1. The topological polar surface area (TPSA) is 60.5 Å². The second-order valence-corrected chi connectivity index (χ2v) is 7.27. The van der Waals surface area contributed by atoms with Gasteiger partial charge >= 0.3 is 0 Å². The average Bonchev–Trinajstić information content (AvgIpc) is 3.31. The van der Waals surface area contributed by atoms with E-state index >= 15 is 0 Å². The van der Waals surface area contributed by atoms with E-state index < -0.39 is 0 Å². The Morgan fingerprint density at radius 2 is 2.12 bits per heavy atom. The molecule has 0 bridgehead atoms. The van der Waals surface area contributed by atoms with E-state index in [1.165, 1.54) is 0 Å². The second-order valence-electron chi connectivity index (χ2n) is 5.63. The lowest BCUT2D eigenvalue weighted by atomic mass is 10.2. The van der Waals surface area contributed by atoms with Crippen molar-refractivity contribution in [1.82, 2.24) is 10.3 Å². The van der Waals surface area contributed by atoms with Gasteiger partial charge in [0.25, 0.3) is 0 Å². The van der Waals surface area contributed by atoms with Crippen molar-refractivity contribution >= 4 is 28.6 Å². The number of benzene rings is 1. The van der Waals surface area contributed by atoms with Gasteiger partial charge in [-0.15, -0.1) is 11.3 Å². The average molecular weight is 372 g/mol. The van der Waals surface area contributed by atoms with E-state index in [1.54, 1.807) is 22.7 Å². The molecule has 0 fully saturated rings. The number of hydrogen-bond donors (Lipinski definition) is 1. The Hall–Kier alpha value is -2.38. The molecule has 1 amide bonds. The third-order valence-electron chi connectivity index (χ3n) is 3.76. The molecule has 0 radical (unpaired) electrons. The van der Waals surface area contributed by atoms with E-state index in [2.05, 4.69) is 15.7 Å². The highest BCUT2D eigenvalue weighted by Crippen LogP contribution is 2.30. The molecule has 7 heteroatoms. The van der Waals surface area contributed by atoms with Crippen molar-refractivity contribution in [3.8, 4) is 22.1 Å². The monoisotopic (exact) mass is 372 g/mol. The minimum absolute atomic E-state index is 0.0652. The molecule has 4 rings (SSSR count). The third-order valence-corrected chi connectivity index (χ3v) is 5.38. The number of carbonyl (C=O) groups excluding carboxylic acids is 1. The number of fused-ring (bicyclic) bond motifs is 1. The van der Waals surface area contributed by atoms with Gasteiger partial charge in [-0.1, -0.05) is 12.1 Å². The Labute approximate surface area is 153 Å². The minimum Gasteiger partial charge on any atom is -0.486 e. The van der Waals surface area contributed by atoms with Gasteiger partial charge in [-0.2, -0.15) is 11.3 Å². The lowest BCUT2D eigenvalue weighted by molar-refractivity contribution is -0.121. The van der Waals surface area contributed by atoms with E-state index in [0.29, 0.717) is 18.9 Å². The molecule has 25 heavy (non-hydrogen) atoms. The molecular weight excluding hydrogens is 356 g/mol. The van der Waals surface area contributed by atoms with Crippen LogP contribution in [0.2, 0.25) is 0 Å². The second kappa shape index (κ2) is 7.25.